The maximum Gasteiger partial charge on any atom is 0.203 e. The second-order valence-electron chi connectivity index (χ2n) is 3.65. The number of nitrogen functional groups attached to an aromatic ring is 1. The van der Waals surface area contributed by atoms with E-state index in [2.05, 4.69) is 20.2 Å². The van der Waals surface area contributed by atoms with Crippen LogP contribution in [0.3, 0.4) is 0 Å². The van der Waals surface area contributed by atoms with Crippen molar-refractivity contribution in [1.29, 1.82) is 0 Å². The van der Waals surface area contributed by atoms with Gasteiger partial charge in [0.15, 0.2) is 0 Å². The summed E-state index contributed by atoms with van der Waals surface area (Å²) in [6, 6.07) is 7.99. The molecule has 3 aromatic rings. The first-order chi connectivity index (χ1) is 8.83. The van der Waals surface area contributed by atoms with E-state index >= 15 is 0 Å². The minimum absolute atomic E-state index is 0.477. The van der Waals surface area contributed by atoms with Gasteiger partial charge in [0, 0.05) is 23.5 Å². The molecule has 0 amide bonds. The van der Waals surface area contributed by atoms with Gasteiger partial charge in [-0.1, -0.05) is 35.6 Å². The van der Waals surface area contributed by atoms with Crippen LogP contribution in [-0.2, 0) is 0 Å². The van der Waals surface area contributed by atoms with Gasteiger partial charge in [-0.15, -0.1) is 10.2 Å². The van der Waals surface area contributed by atoms with Gasteiger partial charge < -0.3 is 5.73 Å². The lowest BCUT2D eigenvalue weighted by atomic mass is 10.1. The number of nitrogens with two attached hydrogens (primary N) is 1. The highest BCUT2D eigenvalue weighted by Gasteiger charge is 2.05. The predicted octanol–water partition coefficient (Wildman–Crippen LogP) is 2.24. The molecule has 0 aliphatic carbocycles. The lowest BCUT2D eigenvalue weighted by molar-refractivity contribution is 1.10. The third-order valence-corrected chi connectivity index (χ3v) is 3.27. The first kappa shape index (κ1) is 10.8. The van der Waals surface area contributed by atoms with Gasteiger partial charge in [-0.3, -0.25) is 0 Å². The molecule has 0 unspecified atom stereocenters. The van der Waals surface area contributed by atoms with Crippen LogP contribution in [0.2, 0.25) is 0 Å². The van der Waals surface area contributed by atoms with Gasteiger partial charge in [0.05, 0.1) is 0 Å². The maximum absolute atomic E-state index is 5.57. The Bertz CT molecular complexity index is 648. The molecule has 6 heteroatoms. The van der Waals surface area contributed by atoms with E-state index in [9.17, 15) is 0 Å². The molecule has 0 aliphatic rings. The van der Waals surface area contributed by atoms with Crippen molar-refractivity contribution in [3.63, 3.8) is 0 Å². The Morgan fingerprint density at radius 2 is 1.50 bits per heavy atom. The number of anilines is 1. The van der Waals surface area contributed by atoms with Crippen molar-refractivity contribution in [3.05, 3.63) is 43.0 Å². The van der Waals surface area contributed by atoms with Crippen LogP contribution in [0.25, 0.3) is 21.7 Å². The van der Waals surface area contributed by atoms with Crippen LogP contribution in [0.1, 0.15) is 0 Å². The molecule has 88 valence electrons. The molecule has 1 aromatic carbocycles. The largest absolute Gasteiger partial charge is 0.374 e. The Balaban J connectivity index is 1.94. The Morgan fingerprint density at radius 1 is 0.833 bits per heavy atom. The van der Waals surface area contributed by atoms with E-state index in [4.69, 9.17) is 5.73 Å². The van der Waals surface area contributed by atoms with Crippen LogP contribution in [0.4, 0.5) is 5.13 Å². The second kappa shape index (κ2) is 4.50. The Labute approximate surface area is 107 Å². The second-order valence-corrected chi connectivity index (χ2v) is 4.66. The highest BCUT2D eigenvalue weighted by atomic mass is 32.1. The number of benzene rings is 1. The Kier molecular flexibility index (Phi) is 2.70. The SMILES string of the molecule is Nc1nnc(-c2ccc(-c3cncnc3)cc2)s1. The van der Waals surface area contributed by atoms with Crippen LogP contribution in [-0.4, -0.2) is 20.2 Å². The average molecular weight is 255 g/mol. The Hall–Kier alpha value is -2.34. The average Bonchev–Trinajstić information content (AvgIpc) is 2.87. The lowest BCUT2D eigenvalue weighted by Crippen LogP contribution is -1.83. The molecule has 18 heavy (non-hydrogen) atoms. The van der Waals surface area contributed by atoms with Crippen molar-refractivity contribution in [2.24, 2.45) is 0 Å². The molecule has 0 aliphatic heterocycles. The predicted molar refractivity (Wildman–Crippen MR) is 70.8 cm³/mol. The number of aromatic nitrogens is 4. The topological polar surface area (TPSA) is 77.6 Å². The zero-order valence-electron chi connectivity index (χ0n) is 9.32. The van der Waals surface area contributed by atoms with Gasteiger partial charge in [0.2, 0.25) is 5.13 Å². The van der Waals surface area contributed by atoms with E-state index in [0.29, 0.717) is 5.13 Å². The molecule has 0 fully saturated rings. The number of hydrogen-bond acceptors (Lipinski definition) is 6. The van der Waals surface area contributed by atoms with E-state index in [1.807, 2.05) is 24.3 Å². The standard InChI is InChI=1S/C12H9N5S/c13-12-17-16-11(18-12)9-3-1-8(2-4-9)10-5-14-7-15-6-10/h1-7H,(H2,13,17). The quantitative estimate of drug-likeness (QED) is 0.759. The first-order valence-corrected chi connectivity index (χ1v) is 6.09. The molecular weight excluding hydrogens is 246 g/mol. The summed E-state index contributed by atoms with van der Waals surface area (Å²) in [4.78, 5) is 7.99. The van der Waals surface area contributed by atoms with Crippen molar-refractivity contribution in [3.8, 4) is 21.7 Å². The van der Waals surface area contributed by atoms with Crippen LogP contribution in [0.15, 0.2) is 43.0 Å². The summed E-state index contributed by atoms with van der Waals surface area (Å²) in [7, 11) is 0. The van der Waals surface area contributed by atoms with E-state index < -0.39 is 0 Å². The zero-order valence-corrected chi connectivity index (χ0v) is 10.1. The van der Waals surface area contributed by atoms with Crippen molar-refractivity contribution >= 4 is 16.5 Å². The monoisotopic (exact) mass is 255 g/mol. The highest BCUT2D eigenvalue weighted by molar-refractivity contribution is 7.18. The maximum atomic E-state index is 5.57. The summed E-state index contributed by atoms with van der Waals surface area (Å²) in [5.74, 6) is 0. The summed E-state index contributed by atoms with van der Waals surface area (Å²) < 4.78 is 0. The molecule has 0 saturated carbocycles. The van der Waals surface area contributed by atoms with Crippen molar-refractivity contribution in [2.75, 3.05) is 5.73 Å². The van der Waals surface area contributed by atoms with Crippen molar-refractivity contribution < 1.29 is 0 Å². The number of nitrogens with zero attached hydrogens (tertiary/aromatic N) is 4. The van der Waals surface area contributed by atoms with Gasteiger partial charge in [-0.25, -0.2) is 9.97 Å². The van der Waals surface area contributed by atoms with Gasteiger partial charge in [0.25, 0.3) is 0 Å². The normalized spacial score (nSPS) is 10.4. The molecule has 5 nitrogen and oxygen atoms in total. The molecule has 0 saturated heterocycles. The van der Waals surface area contributed by atoms with Crippen LogP contribution in [0, 0.1) is 0 Å². The Morgan fingerprint density at radius 3 is 2.11 bits per heavy atom. The lowest BCUT2D eigenvalue weighted by Gasteiger charge is -2.01. The van der Waals surface area contributed by atoms with Crippen molar-refractivity contribution in [1.82, 2.24) is 20.2 Å². The molecule has 0 radical (unpaired) electrons. The fourth-order valence-electron chi connectivity index (χ4n) is 1.60. The molecule has 0 spiro atoms. The number of rotatable bonds is 2. The molecular formula is C12H9N5S. The summed E-state index contributed by atoms with van der Waals surface area (Å²) in [6.07, 6.45) is 5.08. The van der Waals surface area contributed by atoms with Crippen LogP contribution >= 0.6 is 11.3 Å². The van der Waals surface area contributed by atoms with Gasteiger partial charge in [-0.2, -0.15) is 0 Å². The fraction of sp³-hybridized carbons (Fsp3) is 0. The van der Waals surface area contributed by atoms with Gasteiger partial charge >= 0.3 is 0 Å². The van der Waals surface area contributed by atoms with Gasteiger partial charge in [0.1, 0.15) is 11.3 Å². The van der Waals surface area contributed by atoms with E-state index in [1.54, 1.807) is 12.4 Å². The summed E-state index contributed by atoms with van der Waals surface area (Å²) in [6.45, 7) is 0. The third-order valence-electron chi connectivity index (χ3n) is 2.47. The van der Waals surface area contributed by atoms with E-state index in [1.165, 1.54) is 17.7 Å². The van der Waals surface area contributed by atoms with E-state index in [0.717, 1.165) is 21.7 Å². The van der Waals surface area contributed by atoms with Gasteiger partial charge in [-0.05, 0) is 5.56 Å². The fourth-order valence-corrected chi connectivity index (χ4v) is 2.22. The minimum atomic E-state index is 0.477. The zero-order chi connectivity index (χ0) is 12.4. The third kappa shape index (κ3) is 2.05. The molecule has 3 rings (SSSR count). The summed E-state index contributed by atoms with van der Waals surface area (Å²) >= 11 is 1.37. The molecule has 0 bridgehead atoms. The molecule has 2 N–H and O–H groups in total. The highest BCUT2D eigenvalue weighted by Crippen LogP contribution is 2.26. The smallest absolute Gasteiger partial charge is 0.203 e. The van der Waals surface area contributed by atoms with E-state index in [-0.39, 0.29) is 0 Å². The number of hydrogen-bond donors (Lipinski definition) is 1. The first-order valence-electron chi connectivity index (χ1n) is 5.28. The summed E-state index contributed by atoms with van der Waals surface area (Å²) in [5.41, 5.74) is 8.62. The minimum Gasteiger partial charge on any atom is -0.374 e. The molecule has 2 heterocycles. The molecule has 2 aromatic heterocycles. The van der Waals surface area contributed by atoms with Crippen LogP contribution in [0.5, 0.6) is 0 Å². The summed E-state index contributed by atoms with van der Waals surface area (Å²) in [5, 5.41) is 9.11. The van der Waals surface area contributed by atoms with Crippen LogP contribution < -0.4 is 5.73 Å². The molecule has 0 atom stereocenters. The van der Waals surface area contributed by atoms with Crippen molar-refractivity contribution in [2.45, 2.75) is 0 Å².